The third-order valence-corrected chi connectivity index (χ3v) is 4.49. The van der Waals surface area contributed by atoms with E-state index in [0.717, 1.165) is 23.7 Å². The molecule has 0 aliphatic heterocycles. The average molecular weight is 280 g/mol. The van der Waals surface area contributed by atoms with Gasteiger partial charge in [0.25, 0.3) is 0 Å². The van der Waals surface area contributed by atoms with Crippen LogP contribution < -0.4 is 5.32 Å². The smallest absolute Gasteiger partial charge is 0.234 e. The number of fused-ring (bicyclic) bond motifs is 1. The summed E-state index contributed by atoms with van der Waals surface area (Å²) in [7, 11) is -0.720. The van der Waals surface area contributed by atoms with Gasteiger partial charge in [-0.25, -0.2) is 9.97 Å². The molecule has 2 unspecified atom stereocenters. The molecule has 19 heavy (non-hydrogen) atoms. The molecular weight excluding hydrogens is 260 g/mol. The number of nitrogens with zero attached hydrogens (tertiary/aromatic N) is 3. The highest BCUT2D eigenvalue weighted by Gasteiger charge is 2.14. The van der Waals surface area contributed by atoms with Crippen molar-refractivity contribution >= 4 is 16.6 Å². The second-order valence-corrected chi connectivity index (χ2v) is 6.35. The molecule has 0 bridgehead atoms. The van der Waals surface area contributed by atoms with Crippen molar-refractivity contribution in [1.29, 1.82) is 0 Å². The van der Waals surface area contributed by atoms with E-state index in [2.05, 4.69) is 22.2 Å². The van der Waals surface area contributed by atoms with E-state index in [9.17, 15) is 4.21 Å². The SMILES string of the molecule is CCS(=O)CCNC(C)c1nc2ncccn2c1C. The first-order valence-corrected chi connectivity index (χ1v) is 8.00. The third-order valence-electron chi connectivity index (χ3n) is 3.19. The first-order valence-electron chi connectivity index (χ1n) is 6.51. The van der Waals surface area contributed by atoms with Crippen molar-refractivity contribution in [3.63, 3.8) is 0 Å². The number of hydrogen-bond donors (Lipinski definition) is 1. The van der Waals surface area contributed by atoms with E-state index in [-0.39, 0.29) is 6.04 Å². The van der Waals surface area contributed by atoms with Gasteiger partial charge in [0.2, 0.25) is 5.78 Å². The van der Waals surface area contributed by atoms with Gasteiger partial charge in [-0.05, 0) is 19.9 Å². The van der Waals surface area contributed by atoms with Crippen LogP contribution in [0.15, 0.2) is 18.5 Å². The summed E-state index contributed by atoms with van der Waals surface area (Å²) in [6, 6.07) is 2.03. The van der Waals surface area contributed by atoms with E-state index in [1.165, 1.54) is 0 Å². The van der Waals surface area contributed by atoms with Crippen LogP contribution in [-0.4, -0.2) is 36.6 Å². The molecule has 2 aromatic heterocycles. The first kappa shape index (κ1) is 14.1. The van der Waals surface area contributed by atoms with Crippen molar-refractivity contribution in [2.45, 2.75) is 26.8 Å². The minimum Gasteiger partial charge on any atom is -0.308 e. The van der Waals surface area contributed by atoms with Gasteiger partial charge < -0.3 is 5.32 Å². The van der Waals surface area contributed by atoms with Crippen molar-refractivity contribution in [1.82, 2.24) is 19.7 Å². The number of imidazole rings is 1. The predicted octanol–water partition coefficient (Wildman–Crippen LogP) is 1.46. The van der Waals surface area contributed by atoms with Crippen LogP contribution in [-0.2, 0) is 10.8 Å². The van der Waals surface area contributed by atoms with E-state index in [4.69, 9.17) is 0 Å². The normalized spacial score (nSPS) is 14.7. The van der Waals surface area contributed by atoms with Crippen LogP contribution in [0.3, 0.4) is 0 Å². The quantitative estimate of drug-likeness (QED) is 0.870. The molecule has 0 aromatic carbocycles. The van der Waals surface area contributed by atoms with Crippen LogP contribution in [0.5, 0.6) is 0 Å². The number of aryl methyl sites for hydroxylation is 1. The van der Waals surface area contributed by atoms with Crippen LogP contribution in [0.1, 0.15) is 31.3 Å². The summed E-state index contributed by atoms with van der Waals surface area (Å²) < 4.78 is 13.4. The molecule has 104 valence electrons. The number of aromatic nitrogens is 3. The molecule has 2 heterocycles. The van der Waals surface area contributed by atoms with E-state index >= 15 is 0 Å². The van der Waals surface area contributed by atoms with Crippen molar-refractivity contribution in [3.8, 4) is 0 Å². The lowest BCUT2D eigenvalue weighted by molar-refractivity contribution is 0.582. The van der Waals surface area contributed by atoms with E-state index in [1.807, 2.05) is 30.5 Å². The molecule has 0 radical (unpaired) electrons. The molecule has 0 saturated carbocycles. The minimum atomic E-state index is -0.720. The number of hydrogen-bond acceptors (Lipinski definition) is 4. The Balaban J connectivity index is 2.07. The molecule has 0 aliphatic rings. The molecule has 6 heteroatoms. The molecule has 0 spiro atoms. The van der Waals surface area contributed by atoms with Gasteiger partial charge in [0.1, 0.15) is 0 Å². The molecule has 2 atom stereocenters. The minimum absolute atomic E-state index is 0.135. The van der Waals surface area contributed by atoms with Crippen LogP contribution in [0.4, 0.5) is 0 Å². The van der Waals surface area contributed by atoms with Gasteiger partial charge >= 0.3 is 0 Å². The van der Waals surface area contributed by atoms with Crippen molar-refractivity contribution < 1.29 is 4.21 Å². The van der Waals surface area contributed by atoms with Crippen LogP contribution in [0.2, 0.25) is 0 Å². The van der Waals surface area contributed by atoms with Crippen molar-refractivity contribution in [2.75, 3.05) is 18.1 Å². The highest BCUT2D eigenvalue weighted by Crippen LogP contribution is 2.17. The molecule has 5 nitrogen and oxygen atoms in total. The fourth-order valence-corrected chi connectivity index (χ4v) is 2.69. The van der Waals surface area contributed by atoms with Crippen molar-refractivity contribution in [2.24, 2.45) is 0 Å². The lowest BCUT2D eigenvalue weighted by atomic mass is 10.2. The summed E-state index contributed by atoms with van der Waals surface area (Å²) >= 11 is 0. The average Bonchev–Trinajstić information content (AvgIpc) is 2.76. The Morgan fingerprint density at radius 3 is 3.00 bits per heavy atom. The zero-order valence-corrected chi connectivity index (χ0v) is 12.4. The zero-order chi connectivity index (χ0) is 13.8. The summed E-state index contributed by atoms with van der Waals surface area (Å²) in [5.74, 6) is 2.12. The fourth-order valence-electron chi connectivity index (χ4n) is 2.06. The summed E-state index contributed by atoms with van der Waals surface area (Å²) in [5.41, 5.74) is 2.10. The highest BCUT2D eigenvalue weighted by molar-refractivity contribution is 7.84. The molecule has 0 amide bonds. The van der Waals surface area contributed by atoms with Gasteiger partial charge in [-0.3, -0.25) is 8.61 Å². The fraction of sp³-hybridized carbons (Fsp3) is 0.538. The predicted molar refractivity (Wildman–Crippen MR) is 77.7 cm³/mol. The monoisotopic (exact) mass is 280 g/mol. The number of nitrogens with one attached hydrogen (secondary N) is 1. The summed E-state index contributed by atoms with van der Waals surface area (Å²) in [4.78, 5) is 8.79. The molecular formula is C13H20N4OS. The van der Waals surface area contributed by atoms with E-state index < -0.39 is 10.8 Å². The topological polar surface area (TPSA) is 59.3 Å². The zero-order valence-electron chi connectivity index (χ0n) is 11.6. The van der Waals surface area contributed by atoms with Crippen LogP contribution >= 0.6 is 0 Å². The van der Waals surface area contributed by atoms with Gasteiger partial charge in [-0.2, -0.15) is 0 Å². The second-order valence-electron chi connectivity index (χ2n) is 4.48. The molecule has 1 N–H and O–H groups in total. The third kappa shape index (κ3) is 3.19. The lowest BCUT2D eigenvalue weighted by Gasteiger charge is -2.12. The molecule has 2 rings (SSSR count). The second kappa shape index (κ2) is 6.25. The Hall–Kier alpha value is -1.27. The Morgan fingerprint density at radius 2 is 2.32 bits per heavy atom. The molecule has 2 aromatic rings. The largest absolute Gasteiger partial charge is 0.308 e. The van der Waals surface area contributed by atoms with Crippen molar-refractivity contribution in [3.05, 3.63) is 29.8 Å². The maximum Gasteiger partial charge on any atom is 0.234 e. The maximum absolute atomic E-state index is 11.4. The highest BCUT2D eigenvalue weighted by atomic mass is 32.2. The van der Waals surface area contributed by atoms with E-state index in [1.54, 1.807) is 6.20 Å². The molecule has 0 aliphatic carbocycles. The maximum atomic E-state index is 11.4. The van der Waals surface area contributed by atoms with Gasteiger partial charge in [-0.15, -0.1) is 0 Å². The summed E-state index contributed by atoms with van der Waals surface area (Å²) in [6.07, 6.45) is 3.71. The Bertz CT molecular complexity index is 581. The molecule has 0 fully saturated rings. The Kier molecular flexibility index (Phi) is 4.66. The summed E-state index contributed by atoms with van der Waals surface area (Å²) in [5, 5.41) is 3.37. The number of rotatable bonds is 6. The van der Waals surface area contributed by atoms with Gasteiger partial charge in [-0.1, -0.05) is 6.92 Å². The van der Waals surface area contributed by atoms with Gasteiger partial charge in [0.15, 0.2) is 0 Å². The molecule has 0 saturated heterocycles. The van der Waals surface area contributed by atoms with Crippen LogP contribution in [0.25, 0.3) is 5.78 Å². The standard InChI is InChI=1S/C13H20N4OS/c1-4-19(18)9-7-14-10(2)12-11(3)17-8-5-6-15-13(17)16-12/h5-6,8,10,14H,4,7,9H2,1-3H3. The van der Waals surface area contributed by atoms with Gasteiger partial charge in [0, 0.05) is 53.0 Å². The van der Waals surface area contributed by atoms with Crippen LogP contribution in [0, 0.1) is 6.92 Å². The first-order chi connectivity index (χ1) is 9.13. The Labute approximate surface area is 115 Å². The lowest BCUT2D eigenvalue weighted by Crippen LogP contribution is -2.25. The van der Waals surface area contributed by atoms with Gasteiger partial charge in [0.05, 0.1) is 5.69 Å². The summed E-state index contributed by atoms with van der Waals surface area (Å²) in [6.45, 7) is 6.79. The van der Waals surface area contributed by atoms with E-state index in [0.29, 0.717) is 11.5 Å². The Morgan fingerprint density at radius 1 is 1.53 bits per heavy atom.